The van der Waals surface area contributed by atoms with Crippen LogP contribution in [0, 0.1) is 6.92 Å². The lowest BCUT2D eigenvalue weighted by atomic mass is 10.2. The molecule has 0 aliphatic rings. The minimum Gasteiger partial charge on any atom is -0.282 e. The van der Waals surface area contributed by atoms with E-state index in [1.807, 2.05) is 31.2 Å². The molecule has 4 rings (SSSR count). The minimum atomic E-state index is -4.34. The molecule has 4 aromatic rings. The molecule has 0 amide bonds. The third kappa shape index (κ3) is 4.29. The molecule has 14 heteroatoms. The molecule has 0 saturated carbocycles. The number of aryl methyl sites for hydroxylation is 1. The molecule has 2 heterocycles. The fourth-order valence-electron chi connectivity index (χ4n) is 2.40. The molecule has 0 unspecified atom stereocenters. The largest absolute Gasteiger partial charge is 0.294 e. The second-order valence-electron chi connectivity index (χ2n) is 5.72. The van der Waals surface area contributed by atoms with Gasteiger partial charge < -0.3 is 0 Å². The van der Waals surface area contributed by atoms with Crippen LogP contribution in [0.1, 0.15) is 5.56 Å². The summed E-state index contributed by atoms with van der Waals surface area (Å²) in [6.07, 6.45) is 0. The lowest BCUT2D eigenvalue weighted by molar-refractivity contribution is 0.483. The number of nitrogens with zero attached hydrogens (tertiary/aromatic N) is 8. The Morgan fingerprint density at radius 3 is 1.97 bits per heavy atom. The number of hydrogen-bond donors (Lipinski definition) is 1. The van der Waals surface area contributed by atoms with E-state index in [-0.39, 0.29) is 4.90 Å². The van der Waals surface area contributed by atoms with E-state index in [0.29, 0.717) is 16.0 Å². The van der Waals surface area contributed by atoms with E-state index in [1.54, 1.807) is 10.7 Å². The van der Waals surface area contributed by atoms with Gasteiger partial charge >= 0.3 is 0 Å². The number of hydrogen-bond acceptors (Lipinski definition) is 10. The first-order valence-electron chi connectivity index (χ1n) is 7.98. The van der Waals surface area contributed by atoms with E-state index < -0.39 is 10.1 Å². The van der Waals surface area contributed by atoms with Crippen molar-refractivity contribution in [2.45, 2.75) is 22.1 Å². The monoisotopic (exact) mass is 448 g/mol. The van der Waals surface area contributed by atoms with Crippen molar-refractivity contribution in [1.82, 2.24) is 40.4 Å². The standard InChI is InChI=1S/C15H12N8O3S3/c1-10-4-2-5-11(8-10)22-14(16-18-20-22)27-28-15-17-19-21-23(15)12-6-3-7-13(9-12)29(24,25)26/h2-9H,1H3,(H,24,25,26). The van der Waals surface area contributed by atoms with Gasteiger partial charge in [-0.15, -0.1) is 10.2 Å². The first-order valence-corrected chi connectivity index (χ1v) is 11.6. The topological polar surface area (TPSA) is 142 Å². The Morgan fingerprint density at radius 1 is 0.862 bits per heavy atom. The lowest BCUT2D eigenvalue weighted by Crippen LogP contribution is -2.03. The molecule has 2 aromatic heterocycles. The molecular weight excluding hydrogens is 436 g/mol. The van der Waals surface area contributed by atoms with Gasteiger partial charge in [0.15, 0.2) is 0 Å². The summed E-state index contributed by atoms with van der Waals surface area (Å²) in [6.45, 7) is 1.98. The summed E-state index contributed by atoms with van der Waals surface area (Å²) in [5, 5.41) is 24.1. The van der Waals surface area contributed by atoms with Crippen molar-refractivity contribution < 1.29 is 13.0 Å². The van der Waals surface area contributed by atoms with Crippen LogP contribution in [-0.2, 0) is 10.1 Å². The molecule has 0 aliphatic heterocycles. The van der Waals surface area contributed by atoms with Crippen LogP contribution in [-0.4, -0.2) is 53.4 Å². The normalized spacial score (nSPS) is 11.7. The van der Waals surface area contributed by atoms with E-state index in [1.165, 1.54) is 44.5 Å². The highest BCUT2D eigenvalue weighted by Crippen LogP contribution is 2.36. The number of benzene rings is 2. The molecule has 0 fully saturated rings. The van der Waals surface area contributed by atoms with Gasteiger partial charge in [-0.05, 0) is 85.3 Å². The van der Waals surface area contributed by atoms with Crippen molar-refractivity contribution in [3.63, 3.8) is 0 Å². The van der Waals surface area contributed by atoms with Gasteiger partial charge in [0.05, 0.1) is 16.3 Å². The van der Waals surface area contributed by atoms with Gasteiger partial charge in [-0.2, -0.15) is 17.8 Å². The summed E-state index contributed by atoms with van der Waals surface area (Å²) in [7, 11) is -1.90. The van der Waals surface area contributed by atoms with Gasteiger partial charge in [0.1, 0.15) is 0 Å². The van der Waals surface area contributed by atoms with Crippen molar-refractivity contribution in [3.05, 3.63) is 54.1 Å². The average Bonchev–Trinajstić information content (AvgIpc) is 3.35. The fourth-order valence-corrected chi connectivity index (χ4v) is 4.70. The Labute approximate surface area is 172 Å². The Morgan fingerprint density at radius 2 is 1.41 bits per heavy atom. The van der Waals surface area contributed by atoms with Crippen LogP contribution in [0.5, 0.6) is 0 Å². The molecule has 0 bridgehead atoms. The summed E-state index contributed by atoms with van der Waals surface area (Å²) in [6, 6.07) is 13.4. The predicted molar refractivity (Wildman–Crippen MR) is 105 cm³/mol. The highest BCUT2D eigenvalue weighted by Gasteiger charge is 2.16. The van der Waals surface area contributed by atoms with Gasteiger partial charge in [-0.1, -0.05) is 18.2 Å². The summed E-state index contributed by atoms with van der Waals surface area (Å²) in [5.41, 5.74) is 2.27. The second-order valence-corrected chi connectivity index (χ2v) is 9.21. The first kappa shape index (κ1) is 19.5. The Bertz CT molecular complexity index is 1270. The van der Waals surface area contributed by atoms with E-state index in [2.05, 4.69) is 31.1 Å². The molecule has 0 atom stereocenters. The Hall–Kier alpha value is -2.81. The highest BCUT2D eigenvalue weighted by molar-refractivity contribution is 8.76. The molecule has 0 spiro atoms. The lowest BCUT2D eigenvalue weighted by Gasteiger charge is -2.06. The van der Waals surface area contributed by atoms with Gasteiger partial charge in [-0.25, -0.2) is 0 Å². The number of tetrazole rings is 2. The van der Waals surface area contributed by atoms with E-state index >= 15 is 0 Å². The van der Waals surface area contributed by atoms with Crippen molar-refractivity contribution in [2.75, 3.05) is 0 Å². The van der Waals surface area contributed by atoms with Gasteiger partial charge in [-0.3, -0.25) is 4.55 Å². The zero-order chi connectivity index (χ0) is 20.4. The summed E-state index contributed by atoms with van der Waals surface area (Å²) in [5.74, 6) is 0. The summed E-state index contributed by atoms with van der Waals surface area (Å²) in [4.78, 5) is -0.252. The molecule has 2 aromatic carbocycles. The predicted octanol–water partition coefficient (Wildman–Crippen LogP) is 1.99. The maximum Gasteiger partial charge on any atom is 0.294 e. The maximum absolute atomic E-state index is 11.4. The molecule has 0 aliphatic carbocycles. The maximum atomic E-state index is 11.4. The highest BCUT2D eigenvalue weighted by atomic mass is 33.1. The molecule has 29 heavy (non-hydrogen) atoms. The molecule has 1 N–H and O–H groups in total. The zero-order valence-corrected chi connectivity index (χ0v) is 17.1. The van der Waals surface area contributed by atoms with Crippen molar-refractivity contribution in [2.24, 2.45) is 0 Å². The molecule has 148 valence electrons. The zero-order valence-electron chi connectivity index (χ0n) is 14.7. The number of aromatic nitrogens is 8. The van der Waals surface area contributed by atoms with Crippen LogP contribution in [0.3, 0.4) is 0 Å². The fraction of sp³-hybridized carbons (Fsp3) is 0.0667. The molecule has 11 nitrogen and oxygen atoms in total. The van der Waals surface area contributed by atoms with Gasteiger partial charge in [0, 0.05) is 0 Å². The quantitative estimate of drug-likeness (QED) is 0.342. The average molecular weight is 449 g/mol. The van der Waals surface area contributed by atoms with Crippen LogP contribution in [0.15, 0.2) is 63.7 Å². The van der Waals surface area contributed by atoms with Gasteiger partial charge in [0.2, 0.25) is 10.3 Å². The minimum absolute atomic E-state index is 0.252. The summed E-state index contributed by atoms with van der Waals surface area (Å²) < 4.78 is 34.9. The molecule has 0 saturated heterocycles. The van der Waals surface area contributed by atoms with Crippen molar-refractivity contribution >= 4 is 31.7 Å². The third-order valence-corrected chi connectivity index (χ3v) is 6.56. The van der Waals surface area contributed by atoms with E-state index in [0.717, 1.165) is 11.3 Å². The van der Waals surface area contributed by atoms with Crippen LogP contribution in [0.25, 0.3) is 11.4 Å². The summed E-state index contributed by atoms with van der Waals surface area (Å²) >= 11 is 0. The smallest absolute Gasteiger partial charge is 0.282 e. The first-order chi connectivity index (χ1) is 13.9. The Balaban J connectivity index is 1.59. The van der Waals surface area contributed by atoms with Crippen molar-refractivity contribution in [1.29, 1.82) is 0 Å². The van der Waals surface area contributed by atoms with Crippen LogP contribution < -0.4 is 0 Å². The third-order valence-electron chi connectivity index (χ3n) is 3.68. The van der Waals surface area contributed by atoms with E-state index in [4.69, 9.17) is 0 Å². The SMILES string of the molecule is Cc1cccc(-n2nnnc2SSc2nnnn2-c2cccc(S(=O)(=O)O)c2)c1. The number of rotatable bonds is 6. The second kappa shape index (κ2) is 7.90. The van der Waals surface area contributed by atoms with Crippen molar-refractivity contribution in [3.8, 4) is 11.4 Å². The van der Waals surface area contributed by atoms with Crippen LogP contribution in [0.4, 0.5) is 0 Å². The molecular formula is C15H12N8O3S3. The van der Waals surface area contributed by atoms with Gasteiger partial charge in [0.25, 0.3) is 10.1 Å². The Kier molecular flexibility index (Phi) is 5.31. The van der Waals surface area contributed by atoms with Crippen LogP contribution >= 0.6 is 21.6 Å². The van der Waals surface area contributed by atoms with E-state index in [9.17, 15) is 13.0 Å². The van der Waals surface area contributed by atoms with Crippen LogP contribution in [0.2, 0.25) is 0 Å². The molecule has 0 radical (unpaired) electrons.